The van der Waals surface area contributed by atoms with Crippen LogP contribution in [0.1, 0.15) is 21.7 Å². The van der Waals surface area contributed by atoms with Crippen molar-refractivity contribution in [1.82, 2.24) is 28.8 Å². The predicted octanol–water partition coefficient (Wildman–Crippen LogP) is 2.07. The van der Waals surface area contributed by atoms with E-state index < -0.39 is 10.0 Å². The van der Waals surface area contributed by atoms with E-state index in [0.29, 0.717) is 16.5 Å². The van der Waals surface area contributed by atoms with Crippen LogP contribution < -0.4 is 4.74 Å². The van der Waals surface area contributed by atoms with Gasteiger partial charge >= 0.3 is 0 Å². The second kappa shape index (κ2) is 9.16. The summed E-state index contributed by atoms with van der Waals surface area (Å²) in [4.78, 5) is 14.7. The third-order valence-electron chi connectivity index (χ3n) is 5.68. The Balaban J connectivity index is 1.35. The molecule has 33 heavy (non-hydrogen) atoms. The number of sulfonamides is 1. The number of nitrogens with zero attached hydrogens (tertiary/aromatic N) is 6. The van der Waals surface area contributed by atoms with Crippen molar-refractivity contribution in [3.05, 3.63) is 58.6 Å². The second-order valence-corrected chi connectivity index (χ2v) is 10.2. The number of aryl methyl sites for hydroxylation is 2. The predicted molar refractivity (Wildman–Crippen MR) is 122 cm³/mol. The lowest BCUT2D eigenvalue weighted by Gasteiger charge is -2.33. The zero-order chi connectivity index (χ0) is 23.8. The van der Waals surface area contributed by atoms with Gasteiger partial charge in [-0.1, -0.05) is 11.6 Å². The number of benzene rings is 1. The topological polar surface area (TPSA) is 103 Å². The number of piperazine rings is 1. The van der Waals surface area contributed by atoms with Crippen LogP contribution in [0, 0.1) is 13.8 Å². The molecule has 1 saturated heterocycles. The van der Waals surface area contributed by atoms with E-state index >= 15 is 0 Å². The number of hydrogen-bond acceptors (Lipinski definition) is 6. The van der Waals surface area contributed by atoms with Gasteiger partial charge in [0.25, 0.3) is 5.91 Å². The van der Waals surface area contributed by atoms with Crippen LogP contribution in [0.5, 0.6) is 5.75 Å². The van der Waals surface area contributed by atoms with Crippen molar-refractivity contribution in [2.24, 2.45) is 7.05 Å². The zero-order valence-electron chi connectivity index (χ0n) is 18.6. The average molecular weight is 493 g/mol. The Labute approximate surface area is 197 Å². The van der Waals surface area contributed by atoms with Crippen LogP contribution in [-0.4, -0.2) is 69.3 Å². The molecule has 0 N–H and O–H groups in total. The molecule has 0 atom stereocenters. The molecule has 3 heterocycles. The minimum atomic E-state index is -3.65. The maximum Gasteiger partial charge on any atom is 0.274 e. The molecule has 1 aliphatic rings. The molecular weight excluding hydrogens is 468 g/mol. The molecule has 176 valence electrons. The molecule has 0 bridgehead atoms. The first-order valence-electron chi connectivity index (χ1n) is 10.4. The van der Waals surface area contributed by atoms with Crippen molar-refractivity contribution in [3.63, 3.8) is 0 Å². The van der Waals surface area contributed by atoms with Crippen molar-refractivity contribution < 1.29 is 17.9 Å². The largest absolute Gasteiger partial charge is 0.471 e. The number of carbonyl (C=O) groups excluding carboxylic acids is 1. The van der Waals surface area contributed by atoms with E-state index in [9.17, 15) is 13.2 Å². The second-order valence-electron chi connectivity index (χ2n) is 7.84. The van der Waals surface area contributed by atoms with Crippen molar-refractivity contribution in [2.45, 2.75) is 25.5 Å². The number of ether oxygens (including phenoxy) is 1. The molecule has 12 heteroatoms. The summed E-state index contributed by atoms with van der Waals surface area (Å²) >= 11 is 5.96. The summed E-state index contributed by atoms with van der Waals surface area (Å²) < 4.78 is 36.1. The van der Waals surface area contributed by atoms with E-state index in [0.717, 1.165) is 5.56 Å². The molecular formula is C21H25ClN6O4S. The van der Waals surface area contributed by atoms with Gasteiger partial charge in [0.05, 0.1) is 11.9 Å². The Hall–Kier alpha value is -2.89. The van der Waals surface area contributed by atoms with Crippen LogP contribution >= 0.6 is 11.6 Å². The standard InChI is InChI=1S/C21H25ClN6O4S/c1-15-12-17(22)4-5-19(15)32-14-27-7-6-18(24-27)21(29)26-8-10-28(11-9-26)33(30,31)20-13-23-25(3)16(20)2/h4-7,12-13H,8-11,14H2,1-3H3. The first-order chi connectivity index (χ1) is 15.7. The smallest absolute Gasteiger partial charge is 0.274 e. The Morgan fingerprint density at radius 1 is 1.15 bits per heavy atom. The molecule has 0 aliphatic carbocycles. The minimum Gasteiger partial charge on any atom is -0.471 e. The molecule has 4 rings (SSSR count). The highest BCUT2D eigenvalue weighted by Crippen LogP contribution is 2.23. The van der Waals surface area contributed by atoms with Gasteiger partial charge in [-0.15, -0.1) is 0 Å². The fraction of sp³-hybridized carbons (Fsp3) is 0.381. The SMILES string of the molecule is Cc1cc(Cl)ccc1OCn1ccc(C(=O)N2CCN(S(=O)(=O)c3cnn(C)c3C)CC2)n1. The Kier molecular flexibility index (Phi) is 6.46. The lowest BCUT2D eigenvalue weighted by atomic mass is 10.2. The maximum absolute atomic E-state index is 12.9. The third kappa shape index (κ3) is 4.75. The van der Waals surface area contributed by atoms with Crippen LogP contribution in [0.3, 0.4) is 0 Å². The Bertz CT molecular complexity index is 1280. The van der Waals surface area contributed by atoms with Gasteiger partial charge in [0.2, 0.25) is 10.0 Å². The fourth-order valence-electron chi connectivity index (χ4n) is 3.62. The third-order valence-corrected chi connectivity index (χ3v) is 7.92. The van der Waals surface area contributed by atoms with Gasteiger partial charge in [0, 0.05) is 44.4 Å². The molecule has 1 amide bonds. The molecule has 0 spiro atoms. The number of halogens is 1. The Morgan fingerprint density at radius 2 is 1.88 bits per heavy atom. The van der Waals surface area contributed by atoms with Gasteiger partial charge < -0.3 is 9.64 Å². The van der Waals surface area contributed by atoms with Crippen molar-refractivity contribution >= 4 is 27.5 Å². The zero-order valence-corrected chi connectivity index (χ0v) is 20.2. The van der Waals surface area contributed by atoms with E-state index in [1.807, 2.05) is 13.0 Å². The van der Waals surface area contributed by atoms with Gasteiger partial charge in [0.1, 0.15) is 10.6 Å². The van der Waals surface area contributed by atoms with Gasteiger partial charge in [-0.3, -0.25) is 9.48 Å². The van der Waals surface area contributed by atoms with Crippen molar-refractivity contribution in [3.8, 4) is 5.75 Å². The molecule has 0 unspecified atom stereocenters. The summed E-state index contributed by atoms with van der Waals surface area (Å²) in [6, 6.07) is 6.97. The highest BCUT2D eigenvalue weighted by molar-refractivity contribution is 7.89. The first-order valence-corrected chi connectivity index (χ1v) is 12.2. The average Bonchev–Trinajstić information content (AvgIpc) is 3.40. The molecule has 10 nitrogen and oxygen atoms in total. The van der Waals surface area contributed by atoms with E-state index in [4.69, 9.17) is 16.3 Å². The number of rotatable bonds is 6. The molecule has 2 aromatic heterocycles. The normalized spacial score (nSPS) is 15.1. The monoisotopic (exact) mass is 492 g/mol. The molecule has 0 saturated carbocycles. The molecule has 1 aromatic carbocycles. The van der Waals surface area contributed by atoms with Crippen LogP contribution in [-0.2, 0) is 23.8 Å². The van der Waals surface area contributed by atoms with E-state index in [1.54, 1.807) is 43.3 Å². The number of carbonyl (C=O) groups is 1. The van der Waals surface area contributed by atoms with E-state index in [-0.39, 0.29) is 49.4 Å². The summed E-state index contributed by atoms with van der Waals surface area (Å²) in [6.07, 6.45) is 3.03. The number of aromatic nitrogens is 4. The molecule has 1 aliphatic heterocycles. The molecule has 1 fully saturated rings. The van der Waals surface area contributed by atoms with Gasteiger partial charge in [0.15, 0.2) is 12.4 Å². The minimum absolute atomic E-state index is 0.145. The molecule has 0 radical (unpaired) electrons. The van der Waals surface area contributed by atoms with Crippen LogP contribution in [0.15, 0.2) is 41.6 Å². The number of hydrogen-bond donors (Lipinski definition) is 0. The summed E-state index contributed by atoms with van der Waals surface area (Å²) in [6.45, 7) is 4.74. The van der Waals surface area contributed by atoms with Crippen LogP contribution in [0.2, 0.25) is 5.02 Å². The van der Waals surface area contributed by atoms with Gasteiger partial charge in [-0.2, -0.15) is 14.5 Å². The first kappa shape index (κ1) is 23.3. The van der Waals surface area contributed by atoms with E-state index in [2.05, 4.69) is 10.2 Å². The van der Waals surface area contributed by atoms with Crippen LogP contribution in [0.25, 0.3) is 0 Å². The van der Waals surface area contributed by atoms with Crippen LogP contribution in [0.4, 0.5) is 0 Å². The fourth-order valence-corrected chi connectivity index (χ4v) is 5.46. The van der Waals surface area contributed by atoms with Gasteiger partial charge in [-0.05, 0) is 43.7 Å². The summed E-state index contributed by atoms with van der Waals surface area (Å²) in [7, 11) is -1.95. The lowest BCUT2D eigenvalue weighted by Crippen LogP contribution is -2.50. The van der Waals surface area contributed by atoms with E-state index in [1.165, 1.54) is 19.9 Å². The van der Waals surface area contributed by atoms with Crippen molar-refractivity contribution in [2.75, 3.05) is 26.2 Å². The Morgan fingerprint density at radius 3 is 2.52 bits per heavy atom. The quantitative estimate of drug-likeness (QED) is 0.522. The maximum atomic E-state index is 12.9. The van der Waals surface area contributed by atoms with Crippen molar-refractivity contribution in [1.29, 1.82) is 0 Å². The summed E-state index contributed by atoms with van der Waals surface area (Å²) in [5.41, 5.74) is 1.76. The summed E-state index contributed by atoms with van der Waals surface area (Å²) in [5.74, 6) is 0.440. The highest BCUT2D eigenvalue weighted by Gasteiger charge is 2.33. The van der Waals surface area contributed by atoms with Gasteiger partial charge in [-0.25, -0.2) is 13.1 Å². The summed E-state index contributed by atoms with van der Waals surface area (Å²) in [5, 5.41) is 8.97. The number of amides is 1. The molecule has 3 aromatic rings. The highest BCUT2D eigenvalue weighted by atomic mass is 35.5. The lowest BCUT2D eigenvalue weighted by molar-refractivity contribution is 0.0690.